The molecular formula is C65H40N6. The molecule has 0 fully saturated rings. The summed E-state index contributed by atoms with van der Waals surface area (Å²) in [5, 5.41) is 46.6. The second-order valence-corrected chi connectivity index (χ2v) is 18.2. The van der Waals surface area contributed by atoms with Gasteiger partial charge in [-0.3, -0.25) is 0 Å². The highest BCUT2D eigenvalue weighted by molar-refractivity contribution is 6.11. The highest BCUT2D eigenvalue weighted by Gasteiger charge is 2.47. The predicted octanol–water partition coefficient (Wildman–Crippen LogP) is 15.7. The molecule has 6 nitrogen and oxygen atoms in total. The largest absolute Gasteiger partial charge is 0.310 e. The number of allylic oxidation sites excluding steroid dienone is 4. The summed E-state index contributed by atoms with van der Waals surface area (Å²) < 4.78 is 2.11. The Balaban J connectivity index is 1.06. The Morgan fingerprint density at radius 1 is 0.408 bits per heavy atom. The van der Waals surface area contributed by atoms with E-state index in [2.05, 4.69) is 101 Å². The maximum atomic E-state index is 11.2. The Hall–Kier alpha value is -9.98. The molecule has 6 heteroatoms. The molecule has 12 rings (SSSR count). The molecule has 71 heavy (non-hydrogen) atoms. The lowest BCUT2D eigenvalue weighted by molar-refractivity contribution is 0.586. The highest BCUT2D eigenvalue weighted by atomic mass is 15.2. The van der Waals surface area contributed by atoms with Crippen LogP contribution in [-0.4, -0.2) is 4.57 Å². The fraction of sp³-hybridized carbons (Fsp3) is 0.0462. The van der Waals surface area contributed by atoms with E-state index in [9.17, 15) is 21.0 Å². The average Bonchev–Trinajstić information content (AvgIpc) is 3.90. The lowest BCUT2D eigenvalue weighted by Crippen LogP contribution is -2.29. The zero-order valence-electron chi connectivity index (χ0n) is 38.6. The third-order valence-corrected chi connectivity index (χ3v) is 14.4. The molecule has 0 bridgehead atoms. The van der Waals surface area contributed by atoms with Crippen LogP contribution in [0, 0.1) is 45.3 Å². The number of hydrogen-bond acceptors (Lipinski definition) is 5. The van der Waals surface area contributed by atoms with Crippen LogP contribution < -0.4 is 4.90 Å². The minimum atomic E-state index is -0.548. The van der Waals surface area contributed by atoms with Gasteiger partial charge in [-0.2, -0.15) is 21.0 Å². The zero-order valence-corrected chi connectivity index (χ0v) is 38.6. The van der Waals surface area contributed by atoms with Crippen molar-refractivity contribution in [1.82, 2.24) is 4.57 Å². The lowest BCUT2D eigenvalue weighted by Gasteiger charge is -2.35. The molecule has 1 aromatic heterocycles. The van der Waals surface area contributed by atoms with Gasteiger partial charge in [0, 0.05) is 44.1 Å². The van der Waals surface area contributed by atoms with Crippen molar-refractivity contribution in [2.45, 2.75) is 18.8 Å². The van der Waals surface area contributed by atoms with E-state index in [0.29, 0.717) is 40.0 Å². The molecule has 2 aliphatic rings. The van der Waals surface area contributed by atoms with Crippen molar-refractivity contribution in [3.63, 3.8) is 0 Å². The molecule has 330 valence electrons. The van der Waals surface area contributed by atoms with Crippen LogP contribution in [-0.2, 0) is 5.41 Å². The summed E-state index contributed by atoms with van der Waals surface area (Å²) in [6.45, 7) is 2.27. The van der Waals surface area contributed by atoms with Gasteiger partial charge in [0.25, 0.3) is 0 Å². The topological polar surface area (TPSA) is 103 Å². The van der Waals surface area contributed by atoms with Gasteiger partial charge in [0.1, 0.15) is 24.3 Å². The summed E-state index contributed by atoms with van der Waals surface area (Å²) in [4.78, 5) is 2.17. The number of nitriles is 4. The molecule has 9 aromatic carbocycles. The van der Waals surface area contributed by atoms with Gasteiger partial charge >= 0.3 is 0 Å². The average molecular weight is 905 g/mol. The summed E-state index contributed by atoms with van der Waals surface area (Å²) in [7, 11) is 0. The van der Waals surface area contributed by atoms with Gasteiger partial charge in [-0.1, -0.05) is 170 Å². The molecule has 10 aromatic rings. The third-order valence-electron chi connectivity index (χ3n) is 14.4. The van der Waals surface area contributed by atoms with E-state index in [1.165, 1.54) is 0 Å². The first-order valence-corrected chi connectivity index (χ1v) is 23.5. The van der Waals surface area contributed by atoms with Crippen LogP contribution in [0.15, 0.2) is 218 Å². The summed E-state index contributed by atoms with van der Waals surface area (Å²) in [6.07, 6.45) is 5.00. The maximum absolute atomic E-state index is 11.2. The van der Waals surface area contributed by atoms with Crippen LogP contribution in [0.4, 0.5) is 11.4 Å². The molecule has 1 aliphatic carbocycles. The quantitative estimate of drug-likeness (QED) is 0.158. The molecule has 2 heterocycles. The van der Waals surface area contributed by atoms with E-state index in [1.54, 1.807) is 0 Å². The van der Waals surface area contributed by atoms with Crippen LogP contribution in [0.25, 0.3) is 77.6 Å². The van der Waals surface area contributed by atoms with E-state index < -0.39 is 5.41 Å². The SMILES string of the molecule is CC12CC(c3ccc4c(c3)c3ccccc3n4-c3c(C#N)c(-c4ccccc4)cc(-c4ccccc4)c3C#N)=CC=C1N(c1c(C#N)c(-c3ccccc3)cc(-c3ccccc3)c1C#N)c1ccccc12. The Bertz CT molecular complexity index is 3910. The number of aromatic nitrogens is 1. The van der Waals surface area contributed by atoms with Crippen molar-refractivity contribution in [3.8, 4) is 74.5 Å². The van der Waals surface area contributed by atoms with Crippen LogP contribution in [0.1, 0.15) is 46.7 Å². The van der Waals surface area contributed by atoms with Gasteiger partial charge < -0.3 is 9.47 Å². The molecule has 1 atom stereocenters. The molecule has 0 amide bonds. The lowest BCUT2D eigenvalue weighted by atomic mass is 9.72. The number of para-hydroxylation sites is 2. The van der Waals surface area contributed by atoms with Crippen molar-refractivity contribution >= 4 is 38.8 Å². The van der Waals surface area contributed by atoms with Crippen molar-refractivity contribution < 1.29 is 0 Å². The first-order valence-electron chi connectivity index (χ1n) is 23.5. The standard InChI is InChI=1S/C65H40N6/c1-65-37-47(31-33-62(65)71(61-29-17-15-27-58(61)65)64-56(40-68)51(44-22-10-4-11-23-44)36-52(57(64)41-69)45-24-12-5-13-25-45)46-30-32-60-53(34-46)48-26-14-16-28-59(48)70(60)63-54(38-66)49(42-18-6-2-7-19-42)35-50(55(63)39-67)43-20-8-3-9-21-43/h2-36H,37H2,1H3. The van der Waals surface area contributed by atoms with E-state index in [0.717, 1.165) is 94.4 Å². The fourth-order valence-corrected chi connectivity index (χ4v) is 11.2. The molecule has 1 aliphatic heterocycles. The normalized spacial score (nSPS) is 14.6. The summed E-state index contributed by atoms with van der Waals surface area (Å²) in [5.41, 5.74) is 15.9. The van der Waals surface area contributed by atoms with E-state index in [1.807, 2.05) is 152 Å². The van der Waals surface area contributed by atoms with Crippen LogP contribution >= 0.6 is 0 Å². The second-order valence-electron chi connectivity index (χ2n) is 18.2. The van der Waals surface area contributed by atoms with Gasteiger partial charge in [0.05, 0.1) is 50.3 Å². The monoisotopic (exact) mass is 904 g/mol. The van der Waals surface area contributed by atoms with Gasteiger partial charge in [-0.05, 0) is 94.8 Å². The number of anilines is 2. The minimum absolute atomic E-state index is 0.425. The maximum Gasteiger partial charge on any atom is 0.102 e. The first kappa shape index (κ1) is 42.4. The number of hydrogen-bond donors (Lipinski definition) is 0. The van der Waals surface area contributed by atoms with Crippen LogP contribution in [0.2, 0.25) is 0 Å². The summed E-state index contributed by atoms with van der Waals surface area (Å²) >= 11 is 0. The smallest absolute Gasteiger partial charge is 0.102 e. The van der Waals surface area contributed by atoms with Crippen molar-refractivity contribution in [2.24, 2.45) is 0 Å². The second kappa shape index (κ2) is 17.0. The van der Waals surface area contributed by atoms with Crippen molar-refractivity contribution in [3.05, 3.63) is 251 Å². The Morgan fingerprint density at radius 3 is 1.35 bits per heavy atom. The molecule has 0 saturated carbocycles. The molecule has 0 saturated heterocycles. The van der Waals surface area contributed by atoms with E-state index in [4.69, 9.17) is 0 Å². The van der Waals surface area contributed by atoms with Gasteiger partial charge in [0.2, 0.25) is 0 Å². The Morgan fingerprint density at radius 2 is 0.845 bits per heavy atom. The first-order chi connectivity index (χ1) is 34.9. The predicted molar refractivity (Wildman–Crippen MR) is 284 cm³/mol. The van der Waals surface area contributed by atoms with Crippen LogP contribution in [0.5, 0.6) is 0 Å². The molecule has 0 radical (unpaired) electrons. The third kappa shape index (κ3) is 6.60. The zero-order chi connectivity index (χ0) is 48.2. The number of nitrogens with zero attached hydrogens (tertiary/aromatic N) is 6. The van der Waals surface area contributed by atoms with Gasteiger partial charge in [-0.25, -0.2) is 0 Å². The van der Waals surface area contributed by atoms with Crippen LogP contribution in [0.3, 0.4) is 0 Å². The van der Waals surface area contributed by atoms with Crippen molar-refractivity contribution in [1.29, 1.82) is 21.0 Å². The summed E-state index contributed by atoms with van der Waals surface area (Å²) in [5.74, 6) is 0. The fourth-order valence-electron chi connectivity index (χ4n) is 11.2. The van der Waals surface area contributed by atoms with E-state index in [-0.39, 0.29) is 0 Å². The molecule has 0 N–H and O–H groups in total. The Labute approximate surface area is 412 Å². The molecule has 1 unspecified atom stereocenters. The molecular weight excluding hydrogens is 865 g/mol. The number of fused-ring (bicyclic) bond motifs is 6. The minimum Gasteiger partial charge on any atom is -0.310 e. The highest BCUT2D eigenvalue weighted by Crippen LogP contribution is 2.58. The number of rotatable bonds is 7. The number of benzene rings is 9. The van der Waals surface area contributed by atoms with Gasteiger partial charge in [-0.15, -0.1) is 0 Å². The molecule has 0 spiro atoms. The van der Waals surface area contributed by atoms with E-state index >= 15 is 0 Å². The van der Waals surface area contributed by atoms with Crippen molar-refractivity contribution in [2.75, 3.05) is 4.90 Å². The van der Waals surface area contributed by atoms with Gasteiger partial charge in [0.15, 0.2) is 0 Å². The summed E-state index contributed by atoms with van der Waals surface area (Å²) in [6, 6.07) is 77.1. The Kier molecular flexibility index (Phi) is 10.1.